The van der Waals surface area contributed by atoms with Crippen LogP contribution in [0, 0.1) is 11.8 Å². The zero-order valence-electron chi connectivity index (χ0n) is 9.08. The van der Waals surface area contributed by atoms with Gasteiger partial charge in [-0.05, 0) is 18.3 Å². The highest BCUT2D eigenvalue weighted by Crippen LogP contribution is 2.14. The number of hydrogen-bond donors (Lipinski definition) is 0. The molecule has 0 aromatic carbocycles. The van der Waals surface area contributed by atoms with Crippen molar-refractivity contribution < 1.29 is 9.53 Å². The molecule has 0 bridgehead atoms. The molecule has 0 heterocycles. The first-order chi connectivity index (χ1) is 6.20. The topological polar surface area (TPSA) is 26.3 Å². The van der Waals surface area contributed by atoms with Crippen LogP contribution in [0.4, 0.5) is 0 Å². The minimum Gasteiger partial charge on any atom is -0.468 e. The van der Waals surface area contributed by atoms with Crippen molar-refractivity contribution in [2.75, 3.05) is 6.61 Å². The first-order valence-corrected chi connectivity index (χ1v) is 5.25. The average Bonchev–Trinajstić information content (AvgIpc) is 2.14. The van der Waals surface area contributed by atoms with E-state index < -0.39 is 0 Å². The summed E-state index contributed by atoms with van der Waals surface area (Å²) < 4.78 is 4.70. The van der Waals surface area contributed by atoms with Crippen molar-refractivity contribution in [2.45, 2.75) is 46.5 Å². The van der Waals surface area contributed by atoms with Crippen LogP contribution in [-0.2, 0) is 9.53 Å². The molecular weight excluding hydrogens is 164 g/mol. The van der Waals surface area contributed by atoms with Gasteiger partial charge in [-0.15, -0.1) is 0 Å². The van der Waals surface area contributed by atoms with E-state index in [0.717, 1.165) is 12.3 Å². The van der Waals surface area contributed by atoms with Gasteiger partial charge in [-0.1, -0.05) is 40.0 Å². The fraction of sp³-hybridized carbons (Fsp3) is 0.909. The number of carbonyl (C=O) groups is 1. The molecule has 78 valence electrons. The molecule has 0 aliphatic carbocycles. The summed E-state index contributed by atoms with van der Waals surface area (Å²) in [4.78, 5) is 9.92. The van der Waals surface area contributed by atoms with Gasteiger partial charge in [0, 0.05) is 0 Å². The van der Waals surface area contributed by atoms with Crippen LogP contribution in [0.1, 0.15) is 46.5 Å². The molecule has 0 spiro atoms. The van der Waals surface area contributed by atoms with Gasteiger partial charge in [0.05, 0.1) is 6.61 Å². The highest BCUT2D eigenvalue weighted by Gasteiger charge is 2.04. The molecule has 13 heavy (non-hydrogen) atoms. The molecule has 0 fully saturated rings. The lowest BCUT2D eigenvalue weighted by atomic mass is 9.97. The number of ether oxygens (including phenoxy) is 1. The van der Waals surface area contributed by atoms with Gasteiger partial charge in [0.15, 0.2) is 0 Å². The molecule has 0 aromatic rings. The van der Waals surface area contributed by atoms with Gasteiger partial charge in [-0.2, -0.15) is 0 Å². The largest absolute Gasteiger partial charge is 0.468 e. The van der Waals surface area contributed by atoms with Crippen molar-refractivity contribution in [3.63, 3.8) is 0 Å². The van der Waals surface area contributed by atoms with E-state index in [1.165, 1.54) is 19.3 Å². The van der Waals surface area contributed by atoms with Crippen LogP contribution in [0.3, 0.4) is 0 Å². The second kappa shape index (κ2) is 8.09. The highest BCUT2D eigenvalue weighted by molar-refractivity contribution is 5.36. The molecule has 2 atom stereocenters. The minimum atomic E-state index is 0.509. The molecule has 0 unspecified atom stereocenters. The zero-order valence-corrected chi connectivity index (χ0v) is 9.08. The molecule has 0 radical (unpaired) electrons. The molecule has 0 N–H and O–H groups in total. The Hall–Kier alpha value is -0.530. The Kier molecular flexibility index (Phi) is 7.76. The molecule has 0 aromatic heterocycles. The van der Waals surface area contributed by atoms with Crippen LogP contribution in [0.2, 0.25) is 0 Å². The van der Waals surface area contributed by atoms with E-state index in [0.29, 0.717) is 19.0 Å². The number of rotatable bonds is 8. The Morgan fingerprint density at radius 2 is 1.85 bits per heavy atom. The van der Waals surface area contributed by atoms with Gasteiger partial charge >= 0.3 is 0 Å². The molecule has 0 rings (SSSR count). The zero-order chi connectivity index (χ0) is 10.1. The summed E-state index contributed by atoms with van der Waals surface area (Å²) in [6.07, 6.45) is 4.97. The van der Waals surface area contributed by atoms with Gasteiger partial charge in [0.1, 0.15) is 0 Å². The average molecular weight is 186 g/mol. The maximum absolute atomic E-state index is 9.92. The fourth-order valence-corrected chi connectivity index (χ4v) is 1.31. The highest BCUT2D eigenvalue weighted by atomic mass is 16.5. The Balaban J connectivity index is 3.25. The third-order valence-electron chi connectivity index (χ3n) is 2.54. The maximum atomic E-state index is 9.92. The molecule has 0 saturated carbocycles. The van der Waals surface area contributed by atoms with E-state index in [4.69, 9.17) is 4.74 Å². The van der Waals surface area contributed by atoms with E-state index >= 15 is 0 Å². The van der Waals surface area contributed by atoms with Crippen molar-refractivity contribution in [1.82, 2.24) is 0 Å². The van der Waals surface area contributed by atoms with Crippen molar-refractivity contribution in [2.24, 2.45) is 11.8 Å². The third-order valence-corrected chi connectivity index (χ3v) is 2.54. The molecular formula is C11H22O2. The van der Waals surface area contributed by atoms with Gasteiger partial charge in [-0.3, -0.25) is 4.79 Å². The summed E-state index contributed by atoms with van der Waals surface area (Å²) in [5, 5.41) is 0. The SMILES string of the molecule is CC[C@@H](C)CCC[C@@H](C)COC=O. The van der Waals surface area contributed by atoms with Crippen LogP contribution in [0.15, 0.2) is 0 Å². The molecule has 0 saturated heterocycles. The van der Waals surface area contributed by atoms with Crippen molar-refractivity contribution in [3.8, 4) is 0 Å². The van der Waals surface area contributed by atoms with Crippen molar-refractivity contribution in [3.05, 3.63) is 0 Å². The molecule has 0 aliphatic heterocycles. The van der Waals surface area contributed by atoms with E-state index in [-0.39, 0.29) is 0 Å². The van der Waals surface area contributed by atoms with E-state index in [1.54, 1.807) is 0 Å². The summed E-state index contributed by atoms with van der Waals surface area (Å²) in [7, 11) is 0. The smallest absolute Gasteiger partial charge is 0.293 e. The van der Waals surface area contributed by atoms with Crippen LogP contribution in [0.5, 0.6) is 0 Å². The third kappa shape index (κ3) is 7.82. The summed E-state index contributed by atoms with van der Waals surface area (Å²) >= 11 is 0. The maximum Gasteiger partial charge on any atom is 0.293 e. The van der Waals surface area contributed by atoms with Gasteiger partial charge < -0.3 is 4.74 Å². The lowest BCUT2D eigenvalue weighted by Gasteiger charge is -2.11. The monoisotopic (exact) mass is 186 g/mol. The Bertz CT molecular complexity index is 123. The van der Waals surface area contributed by atoms with E-state index in [1.807, 2.05) is 0 Å². The molecule has 0 amide bonds. The van der Waals surface area contributed by atoms with Crippen LogP contribution in [0.25, 0.3) is 0 Å². The van der Waals surface area contributed by atoms with Gasteiger partial charge in [-0.25, -0.2) is 0 Å². The first kappa shape index (κ1) is 12.5. The van der Waals surface area contributed by atoms with Crippen LogP contribution in [-0.4, -0.2) is 13.1 Å². The predicted octanol–water partition coefficient (Wildman–Crippen LogP) is 3.01. The van der Waals surface area contributed by atoms with Crippen LogP contribution < -0.4 is 0 Å². The quantitative estimate of drug-likeness (QED) is 0.545. The standard InChI is InChI=1S/C11H22O2/c1-4-10(2)6-5-7-11(3)8-13-9-12/h9-11H,4-8H2,1-3H3/t10-,11-/m1/s1. The second-order valence-corrected chi connectivity index (χ2v) is 3.98. The lowest BCUT2D eigenvalue weighted by Crippen LogP contribution is -2.05. The molecule has 2 nitrogen and oxygen atoms in total. The predicted molar refractivity (Wildman–Crippen MR) is 54.5 cm³/mol. The summed E-state index contributed by atoms with van der Waals surface area (Å²) in [5.41, 5.74) is 0. The van der Waals surface area contributed by atoms with Gasteiger partial charge in [0.2, 0.25) is 0 Å². The Morgan fingerprint density at radius 3 is 2.38 bits per heavy atom. The molecule has 0 aliphatic rings. The van der Waals surface area contributed by atoms with Crippen molar-refractivity contribution >= 4 is 6.47 Å². The molecule has 2 heteroatoms. The van der Waals surface area contributed by atoms with Crippen LogP contribution >= 0.6 is 0 Å². The van der Waals surface area contributed by atoms with E-state index in [9.17, 15) is 4.79 Å². The van der Waals surface area contributed by atoms with Gasteiger partial charge in [0.25, 0.3) is 6.47 Å². The number of hydrogen-bond acceptors (Lipinski definition) is 2. The Labute approximate surface area is 81.7 Å². The fourth-order valence-electron chi connectivity index (χ4n) is 1.31. The summed E-state index contributed by atoms with van der Waals surface area (Å²) in [5.74, 6) is 1.34. The summed E-state index contributed by atoms with van der Waals surface area (Å²) in [6.45, 7) is 7.74. The van der Waals surface area contributed by atoms with E-state index in [2.05, 4.69) is 20.8 Å². The summed E-state index contributed by atoms with van der Waals surface area (Å²) in [6, 6.07) is 0. The minimum absolute atomic E-state index is 0.509. The Morgan fingerprint density at radius 1 is 1.23 bits per heavy atom. The number of carbonyl (C=O) groups excluding carboxylic acids is 1. The first-order valence-electron chi connectivity index (χ1n) is 5.25. The van der Waals surface area contributed by atoms with Crippen molar-refractivity contribution in [1.29, 1.82) is 0 Å². The normalized spacial score (nSPS) is 15.0. The lowest BCUT2D eigenvalue weighted by molar-refractivity contribution is -0.129. The second-order valence-electron chi connectivity index (χ2n) is 3.98.